The summed E-state index contributed by atoms with van der Waals surface area (Å²) in [5.74, 6) is 2.17. The zero-order valence-electron chi connectivity index (χ0n) is 15.7. The van der Waals surface area contributed by atoms with Crippen molar-refractivity contribution < 1.29 is 9.53 Å². The van der Waals surface area contributed by atoms with Crippen LogP contribution in [0.15, 0.2) is 41.3 Å². The molecule has 6 heteroatoms. The predicted molar refractivity (Wildman–Crippen MR) is 114 cm³/mol. The highest BCUT2D eigenvalue weighted by Crippen LogP contribution is 2.28. The fourth-order valence-corrected chi connectivity index (χ4v) is 4.72. The van der Waals surface area contributed by atoms with Gasteiger partial charge in [-0.1, -0.05) is 23.8 Å². The van der Waals surface area contributed by atoms with E-state index in [0.717, 1.165) is 40.7 Å². The SMILES string of the molecule is COc1cccc(-c2nc(CSCC(=O)NCCC3=CCCCC3)cs2)c1. The molecule has 0 saturated carbocycles. The van der Waals surface area contributed by atoms with Gasteiger partial charge in [0.05, 0.1) is 18.6 Å². The van der Waals surface area contributed by atoms with Gasteiger partial charge in [0.25, 0.3) is 0 Å². The fraction of sp³-hybridized carbons (Fsp3) is 0.429. The monoisotopic (exact) mass is 402 g/mol. The molecule has 0 unspecified atom stereocenters. The number of amides is 1. The average Bonchev–Trinajstić information content (AvgIpc) is 3.18. The second-order valence-corrected chi connectivity index (χ2v) is 8.42. The minimum Gasteiger partial charge on any atom is -0.497 e. The lowest BCUT2D eigenvalue weighted by Crippen LogP contribution is -2.26. The molecule has 144 valence electrons. The Hall–Kier alpha value is -1.79. The number of rotatable bonds is 9. The van der Waals surface area contributed by atoms with Crippen molar-refractivity contribution >= 4 is 29.0 Å². The summed E-state index contributed by atoms with van der Waals surface area (Å²) in [6.07, 6.45) is 8.33. The molecule has 0 spiro atoms. The highest BCUT2D eigenvalue weighted by molar-refractivity contribution is 7.99. The molecule has 2 aromatic rings. The third kappa shape index (κ3) is 6.40. The summed E-state index contributed by atoms with van der Waals surface area (Å²) in [6.45, 7) is 0.752. The maximum atomic E-state index is 12.0. The Morgan fingerprint density at radius 1 is 1.37 bits per heavy atom. The van der Waals surface area contributed by atoms with Gasteiger partial charge in [-0.05, 0) is 44.2 Å². The number of carbonyl (C=O) groups excluding carboxylic acids is 1. The summed E-state index contributed by atoms with van der Waals surface area (Å²) in [5, 5.41) is 6.07. The zero-order chi connectivity index (χ0) is 18.9. The Bertz CT molecular complexity index is 786. The minimum atomic E-state index is 0.111. The van der Waals surface area contributed by atoms with Crippen molar-refractivity contribution in [2.24, 2.45) is 0 Å². The van der Waals surface area contributed by atoms with Crippen LogP contribution in [0.2, 0.25) is 0 Å². The maximum Gasteiger partial charge on any atom is 0.230 e. The Labute approximate surface area is 169 Å². The van der Waals surface area contributed by atoms with Crippen LogP contribution in [0.1, 0.15) is 37.8 Å². The van der Waals surface area contributed by atoms with E-state index in [2.05, 4.69) is 21.8 Å². The number of thiazole rings is 1. The topological polar surface area (TPSA) is 51.2 Å². The summed E-state index contributed by atoms with van der Waals surface area (Å²) < 4.78 is 5.27. The molecule has 27 heavy (non-hydrogen) atoms. The molecule has 0 aliphatic heterocycles. The molecule has 1 aromatic carbocycles. The Morgan fingerprint density at radius 2 is 2.30 bits per heavy atom. The van der Waals surface area contributed by atoms with Gasteiger partial charge >= 0.3 is 0 Å². The fourth-order valence-electron chi connectivity index (χ4n) is 3.06. The van der Waals surface area contributed by atoms with Crippen LogP contribution in [-0.4, -0.2) is 30.3 Å². The number of nitrogens with zero attached hydrogens (tertiary/aromatic N) is 1. The smallest absolute Gasteiger partial charge is 0.230 e. The molecule has 0 saturated heterocycles. The van der Waals surface area contributed by atoms with Gasteiger partial charge < -0.3 is 10.1 Å². The van der Waals surface area contributed by atoms with Crippen LogP contribution < -0.4 is 10.1 Å². The minimum absolute atomic E-state index is 0.111. The number of methoxy groups -OCH3 is 1. The van der Waals surface area contributed by atoms with Gasteiger partial charge in [0, 0.05) is 23.2 Å². The molecule has 1 aliphatic carbocycles. The van der Waals surface area contributed by atoms with Crippen LogP contribution in [0.3, 0.4) is 0 Å². The number of ether oxygens (including phenoxy) is 1. The molecule has 0 bridgehead atoms. The Morgan fingerprint density at radius 3 is 3.11 bits per heavy atom. The largest absolute Gasteiger partial charge is 0.497 e. The molecule has 4 nitrogen and oxygen atoms in total. The summed E-state index contributed by atoms with van der Waals surface area (Å²) in [6, 6.07) is 7.92. The molecule has 1 aliphatic rings. The van der Waals surface area contributed by atoms with Crippen LogP contribution in [0.25, 0.3) is 10.6 Å². The van der Waals surface area contributed by atoms with Gasteiger partial charge in [-0.3, -0.25) is 4.79 Å². The van der Waals surface area contributed by atoms with E-state index in [9.17, 15) is 4.79 Å². The lowest BCUT2D eigenvalue weighted by Gasteiger charge is -2.12. The summed E-state index contributed by atoms with van der Waals surface area (Å²) in [7, 11) is 1.67. The zero-order valence-corrected chi connectivity index (χ0v) is 17.3. The van der Waals surface area contributed by atoms with Crippen LogP contribution in [0.5, 0.6) is 5.75 Å². The van der Waals surface area contributed by atoms with Gasteiger partial charge in [0.15, 0.2) is 0 Å². The highest BCUT2D eigenvalue weighted by atomic mass is 32.2. The van der Waals surface area contributed by atoms with Gasteiger partial charge in [0.1, 0.15) is 10.8 Å². The molecule has 1 N–H and O–H groups in total. The number of thioether (sulfide) groups is 1. The van der Waals surface area contributed by atoms with E-state index in [4.69, 9.17) is 4.74 Å². The van der Waals surface area contributed by atoms with Crippen molar-refractivity contribution in [1.29, 1.82) is 0 Å². The number of benzene rings is 1. The lowest BCUT2D eigenvalue weighted by atomic mass is 9.97. The van der Waals surface area contributed by atoms with Crippen LogP contribution in [-0.2, 0) is 10.5 Å². The molecule has 1 aromatic heterocycles. The molecule has 0 radical (unpaired) electrons. The second kappa shape index (κ2) is 10.5. The van der Waals surface area contributed by atoms with Crippen molar-refractivity contribution in [3.05, 3.63) is 47.0 Å². The quantitative estimate of drug-likeness (QED) is 0.596. The first-order chi connectivity index (χ1) is 13.2. The molecular formula is C21H26N2O2S2. The molecule has 1 amide bonds. The predicted octanol–water partition coefficient (Wildman–Crippen LogP) is 5.06. The first-order valence-electron chi connectivity index (χ1n) is 9.36. The molecule has 0 fully saturated rings. The standard InChI is InChI=1S/C21H26N2O2S2/c1-25-19-9-5-8-17(12-19)21-23-18(14-27-21)13-26-15-20(24)22-11-10-16-6-3-2-4-7-16/h5-6,8-9,12,14H,2-4,7,10-11,13,15H2,1H3,(H,22,24). The maximum absolute atomic E-state index is 12.0. The van der Waals surface area contributed by atoms with Gasteiger partial charge in [-0.2, -0.15) is 0 Å². The molecule has 3 rings (SSSR count). The van der Waals surface area contributed by atoms with E-state index in [1.165, 1.54) is 31.3 Å². The van der Waals surface area contributed by atoms with E-state index in [-0.39, 0.29) is 5.91 Å². The normalized spacial score (nSPS) is 13.9. The second-order valence-electron chi connectivity index (χ2n) is 6.58. The van der Waals surface area contributed by atoms with E-state index in [0.29, 0.717) is 5.75 Å². The van der Waals surface area contributed by atoms with E-state index < -0.39 is 0 Å². The molecule has 0 atom stereocenters. The van der Waals surface area contributed by atoms with Gasteiger partial charge in [-0.25, -0.2) is 4.98 Å². The summed E-state index contributed by atoms with van der Waals surface area (Å²) >= 11 is 3.23. The van der Waals surface area contributed by atoms with E-state index in [1.807, 2.05) is 24.3 Å². The third-order valence-corrected chi connectivity index (χ3v) is 6.41. The number of nitrogens with one attached hydrogen (secondary N) is 1. The van der Waals surface area contributed by atoms with E-state index in [1.54, 1.807) is 30.2 Å². The number of carbonyl (C=O) groups is 1. The summed E-state index contributed by atoms with van der Waals surface area (Å²) in [5.41, 5.74) is 3.58. The number of allylic oxidation sites excluding steroid dienone is 1. The van der Waals surface area contributed by atoms with Gasteiger partial charge in [0.2, 0.25) is 5.91 Å². The Balaban J connectivity index is 1.38. The number of hydrogen-bond acceptors (Lipinski definition) is 5. The van der Waals surface area contributed by atoms with Crippen LogP contribution in [0.4, 0.5) is 0 Å². The van der Waals surface area contributed by atoms with E-state index >= 15 is 0 Å². The van der Waals surface area contributed by atoms with Crippen molar-refractivity contribution in [2.45, 2.75) is 37.9 Å². The van der Waals surface area contributed by atoms with Crippen molar-refractivity contribution in [1.82, 2.24) is 10.3 Å². The first-order valence-corrected chi connectivity index (χ1v) is 11.4. The van der Waals surface area contributed by atoms with Crippen LogP contribution >= 0.6 is 23.1 Å². The highest BCUT2D eigenvalue weighted by Gasteiger charge is 2.08. The van der Waals surface area contributed by atoms with Crippen molar-refractivity contribution in [3.8, 4) is 16.3 Å². The molecule has 1 heterocycles. The number of hydrogen-bond donors (Lipinski definition) is 1. The van der Waals surface area contributed by atoms with Gasteiger partial charge in [-0.15, -0.1) is 23.1 Å². The van der Waals surface area contributed by atoms with Crippen molar-refractivity contribution in [3.63, 3.8) is 0 Å². The van der Waals surface area contributed by atoms with Crippen molar-refractivity contribution in [2.75, 3.05) is 19.4 Å². The number of aromatic nitrogens is 1. The van der Waals surface area contributed by atoms with Crippen LogP contribution in [0, 0.1) is 0 Å². The molecular weight excluding hydrogens is 376 g/mol. The average molecular weight is 403 g/mol. The summed E-state index contributed by atoms with van der Waals surface area (Å²) in [4.78, 5) is 16.7. The Kier molecular flexibility index (Phi) is 7.78. The lowest BCUT2D eigenvalue weighted by molar-refractivity contribution is -0.118. The first kappa shape index (κ1) is 20.0. The third-order valence-electron chi connectivity index (χ3n) is 4.50.